The molecule has 0 unspecified atom stereocenters. The van der Waals surface area contributed by atoms with E-state index >= 15 is 0 Å². The van der Waals surface area contributed by atoms with E-state index in [2.05, 4.69) is 20.4 Å². The van der Waals surface area contributed by atoms with E-state index in [0.29, 0.717) is 32.8 Å². The smallest absolute Gasteiger partial charge is 0.231 e. The van der Waals surface area contributed by atoms with Gasteiger partial charge in [-0.2, -0.15) is 10.2 Å². The Morgan fingerprint density at radius 1 is 0.970 bits per heavy atom. The highest BCUT2D eigenvalue weighted by atomic mass is 16.5. The number of nitrogens with one attached hydrogen (secondary N) is 1. The topological polar surface area (TPSA) is 96.9 Å². The van der Waals surface area contributed by atoms with Gasteiger partial charge in [0.05, 0.1) is 30.5 Å². The van der Waals surface area contributed by atoms with Gasteiger partial charge in [-0.1, -0.05) is 0 Å². The van der Waals surface area contributed by atoms with Crippen molar-refractivity contribution in [3.8, 4) is 5.75 Å². The molecule has 9 heteroatoms. The number of carbonyl (C=O) groups excluding carboxylic acids is 2. The summed E-state index contributed by atoms with van der Waals surface area (Å²) in [6.45, 7) is 4.05. The van der Waals surface area contributed by atoms with Gasteiger partial charge in [0.25, 0.3) is 0 Å². The van der Waals surface area contributed by atoms with Crippen LogP contribution < -0.4 is 15.0 Å². The summed E-state index contributed by atoms with van der Waals surface area (Å²) >= 11 is 0. The van der Waals surface area contributed by atoms with E-state index in [1.165, 1.54) is 0 Å². The number of rotatable bonds is 6. The summed E-state index contributed by atoms with van der Waals surface area (Å²) in [5.74, 6) is 1.03. The summed E-state index contributed by atoms with van der Waals surface area (Å²) in [6, 6.07) is 9.35. The summed E-state index contributed by atoms with van der Waals surface area (Å²) in [6.07, 6.45) is 5.81. The van der Waals surface area contributed by atoms with E-state index in [4.69, 9.17) is 9.47 Å². The van der Waals surface area contributed by atoms with E-state index in [9.17, 15) is 9.59 Å². The highest BCUT2D eigenvalue weighted by molar-refractivity contribution is 5.94. The third kappa shape index (κ3) is 5.08. The van der Waals surface area contributed by atoms with Gasteiger partial charge in [-0.3, -0.25) is 9.59 Å². The van der Waals surface area contributed by atoms with Gasteiger partial charge in [0.2, 0.25) is 11.8 Å². The molecule has 2 amide bonds. The number of benzene rings is 1. The van der Waals surface area contributed by atoms with Crippen LogP contribution in [0.4, 0.5) is 11.4 Å². The molecule has 2 aromatic rings. The maximum absolute atomic E-state index is 12.7. The van der Waals surface area contributed by atoms with Crippen molar-refractivity contribution < 1.29 is 19.1 Å². The molecular formula is C24H29N5O4. The van der Waals surface area contributed by atoms with E-state index in [1.54, 1.807) is 12.4 Å². The normalized spacial score (nSPS) is 21.5. The first kappa shape index (κ1) is 21.6. The van der Waals surface area contributed by atoms with E-state index in [0.717, 1.165) is 42.9 Å². The number of hydrogen-bond donors (Lipinski definition) is 1. The van der Waals surface area contributed by atoms with Crippen LogP contribution in [0.1, 0.15) is 19.3 Å². The Morgan fingerprint density at radius 2 is 1.76 bits per heavy atom. The van der Waals surface area contributed by atoms with Crippen LogP contribution in [0.15, 0.2) is 42.7 Å². The Bertz CT molecular complexity index is 959. The number of amides is 2. The van der Waals surface area contributed by atoms with Crippen LogP contribution in [0.5, 0.6) is 5.75 Å². The summed E-state index contributed by atoms with van der Waals surface area (Å²) < 4.78 is 11.5. The summed E-state index contributed by atoms with van der Waals surface area (Å²) in [5.41, 5.74) is 1.73. The molecule has 0 spiro atoms. The molecule has 1 atom stereocenters. The largest absolute Gasteiger partial charge is 0.489 e. The molecule has 0 saturated carbocycles. The van der Waals surface area contributed by atoms with Crippen LogP contribution >= 0.6 is 0 Å². The van der Waals surface area contributed by atoms with Crippen molar-refractivity contribution in [2.75, 3.05) is 49.6 Å². The number of aromatic nitrogens is 2. The van der Waals surface area contributed by atoms with Gasteiger partial charge in [0, 0.05) is 50.9 Å². The second-order valence-corrected chi connectivity index (χ2v) is 8.92. The van der Waals surface area contributed by atoms with Crippen LogP contribution in [0.25, 0.3) is 0 Å². The highest BCUT2D eigenvalue weighted by Gasteiger charge is 2.34. The summed E-state index contributed by atoms with van der Waals surface area (Å²) in [7, 11) is 0. The maximum Gasteiger partial charge on any atom is 0.231 e. The molecule has 4 heterocycles. The van der Waals surface area contributed by atoms with Gasteiger partial charge < -0.3 is 24.6 Å². The third-order valence-corrected chi connectivity index (χ3v) is 6.64. The first-order chi connectivity index (χ1) is 16.2. The number of carbonyl (C=O) groups is 2. The quantitative estimate of drug-likeness (QED) is 0.717. The Morgan fingerprint density at radius 3 is 2.48 bits per heavy atom. The molecule has 1 aromatic carbocycles. The molecule has 5 rings (SSSR count). The van der Waals surface area contributed by atoms with Gasteiger partial charge in [-0.25, -0.2) is 0 Å². The lowest BCUT2D eigenvalue weighted by molar-refractivity contribution is -0.137. The molecule has 0 radical (unpaired) electrons. The predicted molar refractivity (Wildman–Crippen MR) is 122 cm³/mol. The summed E-state index contributed by atoms with van der Waals surface area (Å²) in [5, 5.41) is 10.6. The van der Waals surface area contributed by atoms with Gasteiger partial charge in [0.15, 0.2) is 0 Å². The predicted octanol–water partition coefficient (Wildman–Crippen LogP) is 1.96. The molecular weight excluding hydrogens is 422 g/mol. The maximum atomic E-state index is 12.7. The van der Waals surface area contributed by atoms with Crippen molar-refractivity contribution in [3.63, 3.8) is 0 Å². The number of ether oxygens (including phenoxy) is 2. The molecule has 1 aromatic heterocycles. The number of hydrogen-bond acceptors (Lipinski definition) is 7. The minimum Gasteiger partial charge on any atom is -0.489 e. The van der Waals surface area contributed by atoms with Crippen molar-refractivity contribution in [1.82, 2.24) is 15.1 Å². The lowest BCUT2D eigenvalue weighted by atomic mass is 9.98. The molecule has 3 aliphatic rings. The van der Waals surface area contributed by atoms with Crippen LogP contribution in [0.3, 0.4) is 0 Å². The fourth-order valence-electron chi connectivity index (χ4n) is 4.61. The minimum absolute atomic E-state index is 0.00197. The minimum atomic E-state index is -0.0492. The summed E-state index contributed by atoms with van der Waals surface area (Å²) in [4.78, 5) is 29.3. The third-order valence-electron chi connectivity index (χ3n) is 6.64. The molecule has 1 N–H and O–H groups in total. The average molecular weight is 452 g/mol. The highest BCUT2D eigenvalue weighted by Crippen LogP contribution is 2.26. The monoisotopic (exact) mass is 451 g/mol. The SMILES string of the molecule is O=C(Nc1ccc(O[C@@H]2CCN(C(=O)C3CCOCC3)C2)cc1)C1CN(c2ccnnc2)C1. The van der Waals surface area contributed by atoms with Crippen molar-refractivity contribution in [1.29, 1.82) is 0 Å². The van der Waals surface area contributed by atoms with Gasteiger partial charge in [0.1, 0.15) is 11.9 Å². The van der Waals surface area contributed by atoms with Crippen molar-refractivity contribution in [3.05, 3.63) is 42.7 Å². The first-order valence-electron chi connectivity index (χ1n) is 11.6. The van der Waals surface area contributed by atoms with Crippen molar-refractivity contribution >= 4 is 23.2 Å². The molecule has 0 aliphatic carbocycles. The molecule has 9 nitrogen and oxygen atoms in total. The lowest BCUT2D eigenvalue weighted by Gasteiger charge is -2.39. The Kier molecular flexibility index (Phi) is 6.39. The van der Waals surface area contributed by atoms with Gasteiger partial charge in [-0.05, 0) is 43.2 Å². The van der Waals surface area contributed by atoms with Crippen LogP contribution in [-0.2, 0) is 14.3 Å². The number of anilines is 2. The average Bonchev–Trinajstić information content (AvgIpc) is 3.29. The lowest BCUT2D eigenvalue weighted by Crippen LogP contribution is -2.52. The second-order valence-electron chi connectivity index (χ2n) is 8.92. The first-order valence-corrected chi connectivity index (χ1v) is 11.6. The Balaban J connectivity index is 1.07. The van der Waals surface area contributed by atoms with Crippen LogP contribution in [0.2, 0.25) is 0 Å². The molecule has 3 aliphatic heterocycles. The zero-order chi connectivity index (χ0) is 22.6. The molecule has 3 fully saturated rings. The standard InChI is InChI=1S/C24H29N5O4/c30-23(18-14-29(15-18)20-5-9-25-26-13-20)27-19-1-3-21(4-2-19)33-22-6-10-28(16-22)24(31)17-7-11-32-12-8-17/h1-5,9,13,17-18,22H,6-8,10-12,14-16H2,(H,27,30)/t22-/m1/s1. The fraction of sp³-hybridized carbons (Fsp3) is 0.500. The molecule has 0 bridgehead atoms. The van der Waals surface area contributed by atoms with Gasteiger partial charge in [-0.15, -0.1) is 0 Å². The fourth-order valence-corrected chi connectivity index (χ4v) is 4.61. The zero-order valence-corrected chi connectivity index (χ0v) is 18.6. The molecule has 174 valence electrons. The second kappa shape index (κ2) is 9.74. The van der Waals surface area contributed by atoms with E-state index in [1.807, 2.05) is 35.2 Å². The molecule has 33 heavy (non-hydrogen) atoms. The van der Waals surface area contributed by atoms with E-state index < -0.39 is 0 Å². The zero-order valence-electron chi connectivity index (χ0n) is 18.6. The van der Waals surface area contributed by atoms with Crippen molar-refractivity contribution in [2.24, 2.45) is 11.8 Å². The van der Waals surface area contributed by atoms with Gasteiger partial charge >= 0.3 is 0 Å². The van der Waals surface area contributed by atoms with Crippen LogP contribution in [-0.4, -0.2) is 72.4 Å². The van der Waals surface area contributed by atoms with E-state index in [-0.39, 0.29) is 29.8 Å². The molecule has 3 saturated heterocycles. The van der Waals surface area contributed by atoms with Crippen molar-refractivity contribution in [2.45, 2.75) is 25.4 Å². The van der Waals surface area contributed by atoms with Crippen LogP contribution in [0, 0.1) is 11.8 Å². The Hall–Kier alpha value is -3.20. The number of nitrogens with zero attached hydrogens (tertiary/aromatic N) is 4. The Labute approximate surface area is 193 Å². The number of likely N-dealkylation sites (tertiary alicyclic amines) is 1.